The van der Waals surface area contributed by atoms with E-state index in [9.17, 15) is 18.0 Å². The molecule has 17 heavy (non-hydrogen) atoms. The Balaban J connectivity index is 2.81. The van der Waals surface area contributed by atoms with Crippen LogP contribution < -0.4 is 0 Å². The maximum atomic E-state index is 12.6. The summed E-state index contributed by atoms with van der Waals surface area (Å²) < 4.78 is 39.2. The molecule has 0 aliphatic carbocycles. The normalized spacial score (nSPS) is 12.1. The third kappa shape index (κ3) is 1.79. The highest BCUT2D eigenvalue weighted by molar-refractivity contribution is 5.85. The van der Waals surface area contributed by atoms with Crippen LogP contribution in [0.2, 0.25) is 0 Å². The summed E-state index contributed by atoms with van der Waals surface area (Å²) in [5.41, 5.74) is 0.392. The fourth-order valence-corrected chi connectivity index (χ4v) is 1.74. The van der Waals surface area contributed by atoms with Crippen LogP contribution in [0, 0.1) is 6.92 Å². The number of alkyl halides is 3. The molecular formula is C11H9F3N2O. The largest absolute Gasteiger partial charge is 0.416 e. The molecule has 0 unspecified atom stereocenters. The lowest BCUT2D eigenvalue weighted by Gasteiger charge is -2.08. The summed E-state index contributed by atoms with van der Waals surface area (Å²) in [4.78, 5) is 14.7. The van der Waals surface area contributed by atoms with E-state index in [1.54, 1.807) is 6.92 Å². The van der Waals surface area contributed by atoms with Crippen LogP contribution in [0.25, 0.3) is 11.0 Å². The number of aldehydes is 1. The van der Waals surface area contributed by atoms with Gasteiger partial charge in [0, 0.05) is 7.05 Å². The SMILES string of the molecule is Cc1cc(C(F)(F)F)cc2c1nc(C=O)n2C. The minimum absolute atomic E-state index is 0.113. The summed E-state index contributed by atoms with van der Waals surface area (Å²) in [6.45, 7) is 1.54. The summed E-state index contributed by atoms with van der Waals surface area (Å²) in [7, 11) is 1.51. The van der Waals surface area contributed by atoms with Gasteiger partial charge >= 0.3 is 6.18 Å². The molecule has 3 nitrogen and oxygen atoms in total. The molecule has 0 spiro atoms. The minimum Gasteiger partial charge on any atom is -0.325 e. The molecule has 0 atom stereocenters. The summed E-state index contributed by atoms with van der Waals surface area (Å²) in [6, 6.07) is 2.03. The van der Waals surface area contributed by atoms with Crippen LogP contribution in [0.4, 0.5) is 13.2 Å². The predicted molar refractivity (Wildman–Crippen MR) is 55.8 cm³/mol. The number of rotatable bonds is 1. The second-order valence-corrected chi connectivity index (χ2v) is 3.81. The van der Waals surface area contributed by atoms with E-state index in [2.05, 4.69) is 4.98 Å². The third-order valence-corrected chi connectivity index (χ3v) is 2.64. The quantitative estimate of drug-likeness (QED) is 0.720. The highest BCUT2D eigenvalue weighted by Gasteiger charge is 2.31. The molecule has 0 aliphatic heterocycles. The van der Waals surface area contributed by atoms with Crippen LogP contribution in [0.15, 0.2) is 12.1 Å². The van der Waals surface area contributed by atoms with Crippen molar-refractivity contribution in [3.63, 3.8) is 0 Å². The Bertz CT molecular complexity index is 599. The summed E-state index contributed by atoms with van der Waals surface area (Å²) in [5.74, 6) is 0.113. The van der Waals surface area contributed by atoms with E-state index < -0.39 is 11.7 Å². The van der Waals surface area contributed by atoms with Gasteiger partial charge in [0.1, 0.15) is 0 Å². The molecule has 1 aromatic carbocycles. The number of aryl methyl sites for hydroxylation is 2. The molecule has 90 valence electrons. The van der Waals surface area contributed by atoms with E-state index in [1.165, 1.54) is 11.6 Å². The number of fused-ring (bicyclic) bond motifs is 1. The average molecular weight is 242 g/mol. The smallest absolute Gasteiger partial charge is 0.325 e. The number of carbonyl (C=O) groups is 1. The summed E-state index contributed by atoms with van der Waals surface area (Å²) in [6.07, 6.45) is -3.88. The number of benzene rings is 1. The lowest BCUT2D eigenvalue weighted by molar-refractivity contribution is -0.137. The van der Waals surface area contributed by atoms with Gasteiger partial charge in [0.25, 0.3) is 0 Å². The zero-order chi connectivity index (χ0) is 12.8. The lowest BCUT2D eigenvalue weighted by atomic mass is 10.1. The van der Waals surface area contributed by atoms with Crippen LogP contribution in [0.3, 0.4) is 0 Å². The molecule has 0 N–H and O–H groups in total. The number of carbonyl (C=O) groups excluding carboxylic acids is 1. The minimum atomic E-state index is -4.40. The van der Waals surface area contributed by atoms with Crippen LogP contribution >= 0.6 is 0 Å². The number of imidazole rings is 1. The first-order valence-electron chi connectivity index (χ1n) is 4.84. The van der Waals surface area contributed by atoms with Crippen molar-refractivity contribution in [2.75, 3.05) is 0 Å². The van der Waals surface area contributed by atoms with Gasteiger partial charge in [-0.3, -0.25) is 4.79 Å². The van der Waals surface area contributed by atoms with Crippen molar-refractivity contribution in [3.8, 4) is 0 Å². The maximum absolute atomic E-state index is 12.6. The van der Waals surface area contributed by atoms with E-state index >= 15 is 0 Å². The van der Waals surface area contributed by atoms with Gasteiger partial charge in [-0.1, -0.05) is 0 Å². The maximum Gasteiger partial charge on any atom is 0.416 e. The summed E-state index contributed by atoms with van der Waals surface area (Å²) >= 11 is 0. The number of aromatic nitrogens is 2. The molecular weight excluding hydrogens is 233 g/mol. The van der Waals surface area contributed by atoms with E-state index in [0.29, 0.717) is 22.9 Å². The third-order valence-electron chi connectivity index (χ3n) is 2.64. The monoisotopic (exact) mass is 242 g/mol. The first-order chi connectivity index (χ1) is 7.84. The van der Waals surface area contributed by atoms with E-state index in [0.717, 1.165) is 12.1 Å². The fourth-order valence-electron chi connectivity index (χ4n) is 1.74. The molecule has 0 aliphatic rings. The Morgan fingerprint density at radius 1 is 1.35 bits per heavy atom. The van der Waals surface area contributed by atoms with Gasteiger partial charge in [-0.05, 0) is 24.6 Å². The van der Waals surface area contributed by atoms with Crippen molar-refractivity contribution in [2.24, 2.45) is 7.05 Å². The van der Waals surface area contributed by atoms with Crippen molar-refractivity contribution < 1.29 is 18.0 Å². The Kier molecular flexibility index (Phi) is 2.45. The number of hydrogen-bond acceptors (Lipinski definition) is 2. The first kappa shape index (κ1) is 11.6. The Hall–Kier alpha value is -1.85. The van der Waals surface area contributed by atoms with Crippen molar-refractivity contribution >= 4 is 17.3 Å². The van der Waals surface area contributed by atoms with Gasteiger partial charge in [0.05, 0.1) is 16.6 Å². The number of halogens is 3. The highest BCUT2D eigenvalue weighted by Crippen LogP contribution is 2.32. The van der Waals surface area contributed by atoms with Crippen molar-refractivity contribution in [1.29, 1.82) is 0 Å². The van der Waals surface area contributed by atoms with Gasteiger partial charge in [0.15, 0.2) is 12.1 Å². The molecule has 0 saturated carbocycles. The highest BCUT2D eigenvalue weighted by atomic mass is 19.4. The van der Waals surface area contributed by atoms with Crippen molar-refractivity contribution in [2.45, 2.75) is 13.1 Å². The Labute approximate surface area is 94.9 Å². The number of hydrogen-bond donors (Lipinski definition) is 0. The molecule has 0 radical (unpaired) electrons. The molecule has 0 bridgehead atoms. The Morgan fingerprint density at radius 3 is 2.53 bits per heavy atom. The number of nitrogens with zero attached hydrogens (tertiary/aromatic N) is 2. The first-order valence-corrected chi connectivity index (χ1v) is 4.84. The van der Waals surface area contributed by atoms with Gasteiger partial charge in [-0.2, -0.15) is 13.2 Å². The molecule has 2 aromatic rings. The average Bonchev–Trinajstić information content (AvgIpc) is 2.55. The second kappa shape index (κ2) is 3.58. The zero-order valence-corrected chi connectivity index (χ0v) is 9.17. The molecule has 0 amide bonds. The topological polar surface area (TPSA) is 34.9 Å². The van der Waals surface area contributed by atoms with Crippen LogP contribution in [0.1, 0.15) is 21.7 Å². The van der Waals surface area contributed by atoms with Gasteiger partial charge in [-0.15, -0.1) is 0 Å². The van der Waals surface area contributed by atoms with E-state index in [4.69, 9.17) is 0 Å². The molecule has 6 heteroatoms. The standard InChI is InChI=1S/C11H9F3N2O/c1-6-3-7(11(12,13)14)4-8-10(6)15-9(5-17)16(8)2/h3-5H,1-2H3. The van der Waals surface area contributed by atoms with Crippen LogP contribution in [0.5, 0.6) is 0 Å². The molecule has 1 aromatic heterocycles. The molecule has 1 heterocycles. The van der Waals surface area contributed by atoms with Gasteiger partial charge < -0.3 is 4.57 Å². The van der Waals surface area contributed by atoms with Crippen LogP contribution in [-0.2, 0) is 13.2 Å². The predicted octanol–water partition coefficient (Wildman–Crippen LogP) is 2.71. The van der Waals surface area contributed by atoms with Gasteiger partial charge in [-0.25, -0.2) is 4.98 Å². The van der Waals surface area contributed by atoms with Crippen molar-refractivity contribution in [3.05, 3.63) is 29.1 Å². The second-order valence-electron chi connectivity index (χ2n) is 3.81. The van der Waals surface area contributed by atoms with E-state index in [-0.39, 0.29) is 5.82 Å². The van der Waals surface area contributed by atoms with Crippen molar-refractivity contribution in [1.82, 2.24) is 9.55 Å². The fraction of sp³-hybridized carbons (Fsp3) is 0.273. The summed E-state index contributed by atoms with van der Waals surface area (Å²) in [5, 5.41) is 0. The molecule has 0 saturated heterocycles. The molecule has 2 rings (SSSR count). The van der Waals surface area contributed by atoms with Crippen LogP contribution in [-0.4, -0.2) is 15.8 Å². The Morgan fingerprint density at radius 2 is 2.00 bits per heavy atom. The molecule has 0 fully saturated rings. The van der Waals surface area contributed by atoms with E-state index in [1.807, 2.05) is 0 Å². The lowest BCUT2D eigenvalue weighted by Crippen LogP contribution is -2.05. The zero-order valence-electron chi connectivity index (χ0n) is 9.17. The van der Waals surface area contributed by atoms with Gasteiger partial charge in [0.2, 0.25) is 0 Å².